The molecule has 0 aromatic heterocycles. The van der Waals surface area contributed by atoms with Crippen LogP contribution < -0.4 is 0 Å². The number of isothiocyanates is 2. The number of hydrogen-bond acceptors (Lipinski definition) is 6. The van der Waals surface area contributed by atoms with Gasteiger partial charge in [0.1, 0.15) is 0 Å². The fourth-order valence-electron chi connectivity index (χ4n) is 0.513. The van der Waals surface area contributed by atoms with Crippen LogP contribution in [0.25, 0.3) is 0 Å². The summed E-state index contributed by atoms with van der Waals surface area (Å²) in [6, 6.07) is 0. The molecule has 4 nitrogen and oxygen atoms in total. The third kappa shape index (κ3) is 5.78. The van der Waals surface area contributed by atoms with Crippen LogP contribution in [0.15, 0.2) is 20.2 Å². The zero-order valence-electron chi connectivity index (χ0n) is 8.61. The van der Waals surface area contributed by atoms with Gasteiger partial charge in [0.2, 0.25) is 0 Å². The molecule has 0 amide bonds. The minimum absolute atomic E-state index is 0.698. The van der Waals surface area contributed by atoms with Gasteiger partial charge in [-0.2, -0.15) is 10.2 Å². The smallest absolute Gasteiger partial charge is 0.175 e. The maximum Gasteiger partial charge on any atom is 0.175 e. The van der Waals surface area contributed by atoms with Gasteiger partial charge in [0, 0.05) is 0 Å². The highest BCUT2D eigenvalue weighted by atomic mass is 32.1. The predicted molar refractivity (Wildman–Crippen MR) is 63.1 cm³/mol. The second-order valence-electron chi connectivity index (χ2n) is 3.60. The first kappa shape index (κ1) is 13.2. The second-order valence-corrected chi connectivity index (χ2v) is 3.96. The van der Waals surface area contributed by atoms with Gasteiger partial charge in [-0.3, -0.25) is 0 Å². The molecule has 0 spiro atoms. The first-order chi connectivity index (χ1) is 6.33. The quantitative estimate of drug-likeness (QED) is 0.421. The molecule has 0 unspecified atom stereocenters. The first-order valence-corrected chi connectivity index (χ1v) is 4.77. The van der Waals surface area contributed by atoms with E-state index in [1.165, 1.54) is 0 Å². The third-order valence-corrected chi connectivity index (χ3v) is 1.36. The maximum atomic E-state index is 4.49. The number of azo groups is 1. The van der Waals surface area contributed by atoms with Gasteiger partial charge in [0.25, 0.3) is 0 Å². The Balaban J connectivity index is 4.74. The third-order valence-electron chi connectivity index (χ3n) is 1.18. The van der Waals surface area contributed by atoms with Crippen LogP contribution in [0, 0.1) is 0 Å². The SMILES string of the molecule is CC(C)(N=C=S)/N=N/C(C)(C)N=C=S. The van der Waals surface area contributed by atoms with Crippen LogP contribution in [0.1, 0.15) is 27.7 Å². The molecule has 0 heterocycles. The lowest BCUT2D eigenvalue weighted by Crippen LogP contribution is -2.16. The zero-order chi connectivity index (χ0) is 11.2. The normalized spacial score (nSPS) is 12.0. The summed E-state index contributed by atoms with van der Waals surface area (Å²) in [5, 5.41) is 12.5. The molecule has 0 aliphatic carbocycles. The largest absolute Gasteiger partial charge is 0.201 e. The van der Waals surface area contributed by atoms with Gasteiger partial charge in [0.05, 0.1) is 10.3 Å². The maximum absolute atomic E-state index is 4.49. The van der Waals surface area contributed by atoms with Gasteiger partial charge in [0.15, 0.2) is 11.3 Å². The van der Waals surface area contributed by atoms with Crippen molar-refractivity contribution < 1.29 is 0 Å². The second kappa shape index (κ2) is 5.17. The molecule has 6 heteroatoms. The van der Waals surface area contributed by atoms with E-state index in [0.29, 0.717) is 0 Å². The minimum atomic E-state index is -0.698. The van der Waals surface area contributed by atoms with Crippen molar-refractivity contribution in [3.63, 3.8) is 0 Å². The highest BCUT2D eigenvalue weighted by molar-refractivity contribution is 7.78. The lowest BCUT2D eigenvalue weighted by atomic mass is 10.3. The van der Waals surface area contributed by atoms with Gasteiger partial charge in [-0.1, -0.05) is 0 Å². The molecule has 0 aromatic rings. The lowest BCUT2D eigenvalue weighted by Gasteiger charge is -2.14. The Morgan fingerprint density at radius 2 is 1.07 bits per heavy atom. The van der Waals surface area contributed by atoms with Crippen molar-refractivity contribution in [3.8, 4) is 0 Å². The van der Waals surface area contributed by atoms with Crippen molar-refractivity contribution in [2.24, 2.45) is 20.2 Å². The van der Waals surface area contributed by atoms with Crippen LogP contribution in [-0.2, 0) is 0 Å². The van der Waals surface area contributed by atoms with Crippen LogP contribution in [0.5, 0.6) is 0 Å². The number of hydrogen-bond donors (Lipinski definition) is 0. The van der Waals surface area contributed by atoms with Crippen molar-refractivity contribution in [2.45, 2.75) is 39.0 Å². The van der Waals surface area contributed by atoms with Gasteiger partial charge in [-0.25, -0.2) is 9.98 Å². The Bertz CT molecular complexity index is 288. The van der Waals surface area contributed by atoms with E-state index < -0.39 is 11.3 Å². The number of rotatable bonds is 4. The predicted octanol–water partition coefficient (Wildman–Crippen LogP) is 3.12. The molecule has 0 bridgehead atoms. The molecular weight excluding hydrogens is 216 g/mol. The molecule has 0 saturated heterocycles. The van der Waals surface area contributed by atoms with Crippen LogP contribution in [0.4, 0.5) is 0 Å². The number of aliphatic imine (C=N–C) groups is 2. The van der Waals surface area contributed by atoms with E-state index in [2.05, 4.69) is 55.0 Å². The minimum Gasteiger partial charge on any atom is -0.201 e. The number of nitrogens with zero attached hydrogens (tertiary/aromatic N) is 4. The van der Waals surface area contributed by atoms with Gasteiger partial charge in [-0.05, 0) is 52.1 Å². The number of thiocarbonyl (C=S) groups is 2. The molecule has 0 aliphatic rings. The van der Waals surface area contributed by atoms with Crippen molar-refractivity contribution in [3.05, 3.63) is 0 Å². The van der Waals surface area contributed by atoms with Crippen molar-refractivity contribution in [1.82, 2.24) is 0 Å². The molecule has 14 heavy (non-hydrogen) atoms. The van der Waals surface area contributed by atoms with Crippen molar-refractivity contribution >= 4 is 34.8 Å². The Morgan fingerprint density at radius 1 is 0.786 bits per heavy atom. The summed E-state index contributed by atoms with van der Waals surface area (Å²) < 4.78 is 0. The lowest BCUT2D eigenvalue weighted by molar-refractivity contribution is 0.445. The van der Waals surface area contributed by atoms with Crippen LogP contribution in [-0.4, -0.2) is 21.6 Å². The van der Waals surface area contributed by atoms with Crippen molar-refractivity contribution in [1.29, 1.82) is 0 Å². The summed E-state index contributed by atoms with van der Waals surface area (Å²) in [4.78, 5) is 7.67. The van der Waals surface area contributed by atoms with E-state index >= 15 is 0 Å². The van der Waals surface area contributed by atoms with E-state index in [4.69, 9.17) is 0 Å². The standard InChI is InChI=1S/C8H12N4S2/c1-7(2,9-5-13)11-12-8(3,4)10-6-14/h1-4H3/b12-11+. The molecule has 0 atom stereocenters. The van der Waals surface area contributed by atoms with E-state index in [1.807, 2.05) is 0 Å². The van der Waals surface area contributed by atoms with Gasteiger partial charge >= 0.3 is 0 Å². The van der Waals surface area contributed by atoms with Crippen LogP contribution in [0.2, 0.25) is 0 Å². The van der Waals surface area contributed by atoms with Crippen molar-refractivity contribution in [2.75, 3.05) is 0 Å². The molecule has 0 saturated carbocycles. The molecule has 0 aromatic carbocycles. The zero-order valence-corrected chi connectivity index (χ0v) is 10.2. The van der Waals surface area contributed by atoms with E-state index in [9.17, 15) is 0 Å². The topological polar surface area (TPSA) is 49.4 Å². The fourth-order valence-corrected chi connectivity index (χ4v) is 0.960. The highest BCUT2D eigenvalue weighted by Gasteiger charge is 2.18. The Hall–Kier alpha value is -0.800. The van der Waals surface area contributed by atoms with E-state index in [-0.39, 0.29) is 0 Å². The monoisotopic (exact) mass is 228 g/mol. The fraction of sp³-hybridized carbons (Fsp3) is 0.750. The average Bonchev–Trinajstić information content (AvgIpc) is 2.01. The molecule has 0 rings (SSSR count). The summed E-state index contributed by atoms with van der Waals surface area (Å²) in [6.07, 6.45) is 0. The molecule has 76 valence electrons. The molecule has 0 N–H and O–H groups in total. The molecule has 0 radical (unpaired) electrons. The summed E-state index contributed by atoms with van der Waals surface area (Å²) in [6.45, 7) is 7.08. The molecule has 0 aliphatic heterocycles. The van der Waals surface area contributed by atoms with Crippen LogP contribution >= 0.6 is 24.4 Å². The molecule has 0 fully saturated rings. The molecular formula is C8H12N4S2. The average molecular weight is 228 g/mol. The summed E-state index contributed by atoms with van der Waals surface area (Å²) >= 11 is 8.98. The van der Waals surface area contributed by atoms with E-state index in [0.717, 1.165) is 0 Å². The Morgan fingerprint density at radius 3 is 1.29 bits per heavy atom. The first-order valence-electron chi connectivity index (χ1n) is 3.95. The van der Waals surface area contributed by atoms with E-state index in [1.54, 1.807) is 27.7 Å². The summed E-state index contributed by atoms with van der Waals surface area (Å²) in [7, 11) is 0. The summed E-state index contributed by atoms with van der Waals surface area (Å²) in [5.74, 6) is 0. The van der Waals surface area contributed by atoms with Crippen LogP contribution in [0.3, 0.4) is 0 Å². The Labute approximate surface area is 94.2 Å². The summed E-state index contributed by atoms with van der Waals surface area (Å²) in [5.41, 5.74) is -1.40. The van der Waals surface area contributed by atoms with Gasteiger partial charge < -0.3 is 0 Å². The Kier molecular flexibility index (Phi) is 4.88. The highest BCUT2D eigenvalue weighted by Crippen LogP contribution is 2.16. The van der Waals surface area contributed by atoms with Gasteiger partial charge in [-0.15, -0.1) is 0 Å².